The Labute approximate surface area is 341 Å². The maximum absolute atomic E-state index is 15.9. The number of hydrogen-bond acceptors (Lipinski definition) is 2. The van der Waals surface area contributed by atoms with Crippen molar-refractivity contribution in [2.45, 2.75) is 5.41 Å². The second-order valence-corrected chi connectivity index (χ2v) is 16.1. The van der Waals surface area contributed by atoms with Crippen LogP contribution in [0.5, 0.6) is 0 Å². The molecule has 0 spiro atoms. The molecule has 0 saturated carbocycles. The molecule has 1 nitrogen and oxygen atoms in total. The highest BCUT2D eigenvalue weighted by atomic mass is 32.1. The SMILES string of the molecule is Fc1ccc2c(c1)C(c1ccccc1)(c1ccccc1)c1cc(-c3ccccc3)ccc1N2c1cccc(-c2cccc(-c3ccc4sc5ccccc5c4c3)c2)c1. The maximum atomic E-state index is 15.9. The average molecular weight is 762 g/mol. The van der Waals surface area contributed by atoms with E-state index in [4.69, 9.17) is 0 Å². The summed E-state index contributed by atoms with van der Waals surface area (Å²) in [5, 5.41) is 2.59. The molecular formula is C55H36FNS. The van der Waals surface area contributed by atoms with Crippen molar-refractivity contribution in [2.24, 2.45) is 0 Å². The molecule has 10 aromatic rings. The van der Waals surface area contributed by atoms with Crippen molar-refractivity contribution in [3.63, 3.8) is 0 Å². The molecule has 0 unspecified atom stereocenters. The van der Waals surface area contributed by atoms with Crippen molar-refractivity contribution in [2.75, 3.05) is 4.90 Å². The monoisotopic (exact) mass is 761 g/mol. The molecular weight excluding hydrogens is 726 g/mol. The zero-order valence-corrected chi connectivity index (χ0v) is 32.3. The van der Waals surface area contributed by atoms with E-state index in [0.717, 1.165) is 61.6 Å². The molecule has 11 rings (SSSR count). The largest absolute Gasteiger partial charge is 0.310 e. The van der Waals surface area contributed by atoms with Crippen molar-refractivity contribution in [1.29, 1.82) is 0 Å². The van der Waals surface area contributed by atoms with Gasteiger partial charge in [0.15, 0.2) is 0 Å². The number of rotatable bonds is 6. The molecule has 0 radical (unpaired) electrons. The van der Waals surface area contributed by atoms with Gasteiger partial charge in [0.25, 0.3) is 0 Å². The summed E-state index contributed by atoms with van der Waals surface area (Å²) in [6.07, 6.45) is 0. The third-order valence-electron chi connectivity index (χ3n) is 11.8. The molecule has 2 heterocycles. The molecule has 1 aromatic heterocycles. The lowest BCUT2D eigenvalue weighted by molar-refractivity contribution is 0.618. The van der Waals surface area contributed by atoms with E-state index in [9.17, 15) is 0 Å². The van der Waals surface area contributed by atoms with E-state index < -0.39 is 5.41 Å². The molecule has 0 saturated heterocycles. The first-order chi connectivity index (χ1) is 28.6. The number of anilines is 3. The normalized spacial score (nSPS) is 13.0. The topological polar surface area (TPSA) is 3.24 Å². The molecule has 0 aliphatic carbocycles. The highest BCUT2D eigenvalue weighted by Gasteiger charge is 2.47. The summed E-state index contributed by atoms with van der Waals surface area (Å²) < 4.78 is 18.5. The second kappa shape index (κ2) is 13.8. The van der Waals surface area contributed by atoms with E-state index in [-0.39, 0.29) is 5.82 Å². The molecule has 0 bridgehead atoms. The van der Waals surface area contributed by atoms with Gasteiger partial charge < -0.3 is 4.90 Å². The van der Waals surface area contributed by atoms with Crippen LogP contribution in [-0.4, -0.2) is 0 Å². The fourth-order valence-corrected chi connectivity index (χ4v) is 10.3. The zero-order valence-electron chi connectivity index (χ0n) is 31.5. The van der Waals surface area contributed by atoms with Gasteiger partial charge in [-0.2, -0.15) is 0 Å². The summed E-state index contributed by atoms with van der Waals surface area (Å²) in [6, 6.07) is 76.9. The minimum atomic E-state index is -0.808. The zero-order chi connectivity index (χ0) is 38.6. The Morgan fingerprint density at radius 2 is 0.879 bits per heavy atom. The van der Waals surface area contributed by atoms with E-state index in [2.05, 4.69) is 187 Å². The quantitative estimate of drug-likeness (QED) is 0.163. The van der Waals surface area contributed by atoms with Crippen molar-refractivity contribution < 1.29 is 4.39 Å². The number of nitrogens with zero attached hydrogens (tertiary/aromatic N) is 1. The van der Waals surface area contributed by atoms with E-state index in [1.54, 1.807) is 12.1 Å². The minimum absolute atomic E-state index is 0.267. The molecule has 0 fully saturated rings. The molecule has 0 atom stereocenters. The molecule has 274 valence electrons. The summed E-state index contributed by atoms with van der Waals surface area (Å²) in [7, 11) is 0. The Balaban J connectivity index is 1.11. The van der Waals surface area contributed by atoms with Crippen LogP contribution in [0.3, 0.4) is 0 Å². The van der Waals surface area contributed by atoms with Gasteiger partial charge in [0.2, 0.25) is 0 Å². The van der Waals surface area contributed by atoms with E-state index in [1.165, 1.54) is 31.3 Å². The summed E-state index contributed by atoms with van der Waals surface area (Å²) in [6.45, 7) is 0. The van der Waals surface area contributed by atoms with Gasteiger partial charge in [0.05, 0.1) is 16.8 Å². The third-order valence-corrected chi connectivity index (χ3v) is 12.9. The fourth-order valence-electron chi connectivity index (χ4n) is 9.17. The molecule has 1 aliphatic rings. The van der Waals surface area contributed by atoms with Gasteiger partial charge >= 0.3 is 0 Å². The minimum Gasteiger partial charge on any atom is -0.310 e. The maximum Gasteiger partial charge on any atom is 0.123 e. The van der Waals surface area contributed by atoms with E-state index in [1.807, 2.05) is 35.6 Å². The lowest BCUT2D eigenvalue weighted by Gasteiger charge is -2.46. The summed E-state index contributed by atoms with van der Waals surface area (Å²) in [4.78, 5) is 2.33. The van der Waals surface area contributed by atoms with Crippen LogP contribution in [0.15, 0.2) is 218 Å². The van der Waals surface area contributed by atoms with Crippen LogP contribution in [-0.2, 0) is 5.41 Å². The highest BCUT2D eigenvalue weighted by molar-refractivity contribution is 7.25. The first-order valence-electron chi connectivity index (χ1n) is 19.7. The van der Waals surface area contributed by atoms with Gasteiger partial charge in [-0.15, -0.1) is 11.3 Å². The van der Waals surface area contributed by atoms with E-state index >= 15 is 4.39 Å². The first kappa shape index (κ1) is 34.2. The second-order valence-electron chi connectivity index (χ2n) is 15.0. The molecule has 3 heteroatoms. The number of benzene rings is 9. The van der Waals surface area contributed by atoms with Crippen LogP contribution < -0.4 is 4.90 Å². The van der Waals surface area contributed by atoms with Gasteiger partial charge in [-0.1, -0.05) is 152 Å². The molecule has 1 aliphatic heterocycles. The van der Waals surface area contributed by atoms with Crippen LogP contribution in [0.4, 0.5) is 21.5 Å². The number of thiophene rings is 1. The van der Waals surface area contributed by atoms with Gasteiger partial charge in [-0.3, -0.25) is 0 Å². The lowest BCUT2D eigenvalue weighted by Crippen LogP contribution is -2.38. The third kappa shape index (κ3) is 5.50. The predicted octanol–water partition coefficient (Wildman–Crippen LogP) is 15.4. The first-order valence-corrected chi connectivity index (χ1v) is 20.5. The Morgan fingerprint density at radius 1 is 0.362 bits per heavy atom. The number of hydrogen-bond donors (Lipinski definition) is 0. The Kier molecular flexibility index (Phi) is 8.16. The van der Waals surface area contributed by atoms with Crippen LogP contribution in [0.25, 0.3) is 53.6 Å². The van der Waals surface area contributed by atoms with Crippen molar-refractivity contribution in [1.82, 2.24) is 0 Å². The predicted molar refractivity (Wildman–Crippen MR) is 242 cm³/mol. The molecule has 0 N–H and O–H groups in total. The van der Waals surface area contributed by atoms with E-state index in [0.29, 0.717) is 0 Å². The van der Waals surface area contributed by atoms with Gasteiger partial charge in [0.1, 0.15) is 5.82 Å². The van der Waals surface area contributed by atoms with Gasteiger partial charge in [-0.25, -0.2) is 4.39 Å². The van der Waals surface area contributed by atoms with Gasteiger partial charge in [0, 0.05) is 25.9 Å². The smallest absolute Gasteiger partial charge is 0.123 e. The fraction of sp³-hybridized carbons (Fsp3) is 0.0182. The molecule has 9 aromatic carbocycles. The Bertz CT molecular complexity index is 3090. The number of fused-ring (bicyclic) bond motifs is 5. The molecule has 58 heavy (non-hydrogen) atoms. The summed E-state index contributed by atoms with van der Waals surface area (Å²) >= 11 is 1.84. The van der Waals surface area contributed by atoms with Crippen LogP contribution in [0.1, 0.15) is 22.3 Å². The van der Waals surface area contributed by atoms with Crippen LogP contribution >= 0.6 is 11.3 Å². The van der Waals surface area contributed by atoms with Crippen molar-refractivity contribution in [3.8, 4) is 33.4 Å². The summed E-state index contributed by atoms with van der Waals surface area (Å²) in [5.74, 6) is -0.267. The van der Waals surface area contributed by atoms with Crippen molar-refractivity contribution >= 4 is 48.6 Å². The molecule has 0 amide bonds. The Hall–Kier alpha value is -7.07. The standard InChI is InChI=1S/C55H36FNS/c56-45-28-30-52-50(36-45)55(43-19-6-2-7-20-43,44-21-8-3-9-22-44)49-35-42(37-14-4-1-5-15-37)26-29-51(49)57(52)46-23-13-18-40(33-46)38-16-12-17-39(32-38)41-27-31-54-48(34-41)47-24-10-11-25-53(47)58-54/h1-36H. The lowest BCUT2D eigenvalue weighted by atomic mass is 9.62. The summed E-state index contributed by atoms with van der Waals surface area (Å²) in [5.41, 5.74) is 13.2. The average Bonchev–Trinajstić information content (AvgIpc) is 3.67. The van der Waals surface area contributed by atoms with Crippen molar-refractivity contribution in [3.05, 3.63) is 246 Å². The van der Waals surface area contributed by atoms with Crippen LogP contribution in [0.2, 0.25) is 0 Å². The number of halogens is 1. The Morgan fingerprint density at radius 3 is 1.60 bits per heavy atom. The highest BCUT2D eigenvalue weighted by Crippen LogP contribution is 2.58. The van der Waals surface area contributed by atoms with Crippen LogP contribution in [0, 0.1) is 5.82 Å². The van der Waals surface area contributed by atoms with Gasteiger partial charge in [-0.05, 0) is 122 Å².